The van der Waals surface area contributed by atoms with Gasteiger partial charge in [0.2, 0.25) is 6.79 Å². The number of rotatable bonds is 5. The van der Waals surface area contributed by atoms with Crippen LogP contribution >= 0.6 is 0 Å². The molecule has 178 valence electrons. The summed E-state index contributed by atoms with van der Waals surface area (Å²) < 4.78 is 12.3. The zero-order valence-electron chi connectivity index (χ0n) is 19.2. The fourth-order valence-electron chi connectivity index (χ4n) is 4.39. The minimum Gasteiger partial charge on any atom is -0.454 e. The maximum absolute atomic E-state index is 13.4. The molecule has 2 N–H and O–H groups in total. The molecule has 0 aliphatic carbocycles. The first-order chi connectivity index (χ1) is 16.9. The van der Waals surface area contributed by atoms with Crippen molar-refractivity contribution < 1.29 is 14.3 Å². The molecule has 35 heavy (non-hydrogen) atoms. The number of amides is 1. The zero-order chi connectivity index (χ0) is 24.5. The van der Waals surface area contributed by atoms with Crippen molar-refractivity contribution in [2.24, 2.45) is 5.73 Å². The van der Waals surface area contributed by atoms with E-state index < -0.39 is 5.91 Å². The van der Waals surface area contributed by atoms with Gasteiger partial charge in [0.25, 0.3) is 11.5 Å². The summed E-state index contributed by atoms with van der Waals surface area (Å²) >= 11 is 0. The van der Waals surface area contributed by atoms with E-state index >= 15 is 0 Å². The molecule has 0 spiro atoms. The number of nitriles is 1. The normalized spacial score (nSPS) is 15.9. The van der Waals surface area contributed by atoms with Crippen LogP contribution in [0.3, 0.4) is 0 Å². The zero-order valence-corrected chi connectivity index (χ0v) is 19.2. The van der Waals surface area contributed by atoms with E-state index in [1.807, 2.05) is 36.1 Å². The lowest BCUT2D eigenvalue weighted by Gasteiger charge is -2.36. The molecular weight excluding hydrogens is 448 g/mol. The molecule has 10 nitrogen and oxygen atoms in total. The van der Waals surface area contributed by atoms with Gasteiger partial charge in [0.05, 0.1) is 5.56 Å². The molecule has 10 heteroatoms. The summed E-state index contributed by atoms with van der Waals surface area (Å²) in [6.45, 7) is 5.62. The molecule has 4 heterocycles. The van der Waals surface area contributed by atoms with E-state index in [4.69, 9.17) is 20.2 Å². The number of ether oxygens (including phenoxy) is 2. The van der Waals surface area contributed by atoms with Crippen molar-refractivity contribution in [3.63, 3.8) is 0 Å². The SMILES string of the molecule is Cc1cccn2c(=O)c(/C=C(\C#N)C(N)=O)c(N3CCN(Cc4ccc5c(c4)OCO5)CC3)nc12. The van der Waals surface area contributed by atoms with Gasteiger partial charge in [-0.1, -0.05) is 12.1 Å². The van der Waals surface area contributed by atoms with E-state index in [2.05, 4.69) is 4.90 Å². The number of aryl methyl sites for hydroxylation is 1. The second kappa shape index (κ2) is 9.12. The first kappa shape index (κ1) is 22.4. The first-order valence-corrected chi connectivity index (χ1v) is 11.2. The topological polar surface area (TPSA) is 126 Å². The number of hydrogen-bond donors (Lipinski definition) is 1. The second-order valence-corrected chi connectivity index (χ2v) is 8.52. The Bertz CT molecular complexity index is 1450. The van der Waals surface area contributed by atoms with Gasteiger partial charge in [0.15, 0.2) is 11.5 Å². The highest BCUT2D eigenvalue weighted by Crippen LogP contribution is 2.33. The van der Waals surface area contributed by atoms with E-state index in [0.29, 0.717) is 24.6 Å². The summed E-state index contributed by atoms with van der Waals surface area (Å²) in [7, 11) is 0. The summed E-state index contributed by atoms with van der Waals surface area (Å²) in [5.74, 6) is 1.08. The van der Waals surface area contributed by atoms with Crippen molar-refractivity contribution in [3.8, 4) is 17.6 Å². The van der Waals surface area contributed by atoms with Crippen LogP contribution in [0.25, 0.3) is 11.7 Å². The number of pyridine rings is 1. The third kappa shape index (κ3) is 4.29. The molecule has 1 saturated heterocycles. The Morgan fingerprint density at radius 3 is 2.71 bits per heavy atom. The van der Waals surface area contributed by atoms with E-state index in [0.717, 1.165) is 42.3 Å². The number of nitrogens with two attached hydrogens (primary N) is 1. The van der Waals surface area contributed by atoms with E-state index in [-0.39, 0.29) is 23.5 Å². The van der Waals surface area contributed by atoms with Gasteiger partial charge in [-0.25, -0.2) is 4.98 Å². The van der Waals surface area contributed by atoms with Crippen molar-refractivity contribution in [2.45, 2.75) is 13.5 Å². The van der Waals surface area contributed by atoms with Crippen molar-refractivity contribution in [1.29, 1.82) is 5.26 Å². The fourth-order valence-corrected chi connectivity index (χ4v) is 4.39. The predicted octanol–water partition coefficient (Wildman–Crippen LogP) is 1.45. The standard InChI is InChI=1S/C25H24N6O4/c1-16-3-2-6-31-23(16)28-24(19(25(31)33)12-18(13-26)22(27)32)30-9-7-29(8-10-30)14-17-4-5-20-21(11-17)35-15-34-20/h2-6,11-12H,7-10,14-15H2,1H3,(H2,27,32)/b18-12+. The molecule has 0 radical (unpaired) electrons. The Morgan fingerprint density at radius 2 is 1.97 bits per heavy atom. The van der Waals surface area contributed by atoms with E-state index in [1.165, 1.54) is 10.5 Å². The Morgan fingerprint density at radius 1 is 1.20 bits per heavy atom. The lowest BCUT2D eigenvalue weighted by atomic mass is 10.1. The summed E-state index contributed by atoms with van der Waals surface area (Å²) in [4.78, 5) is 34.2. The molecule has 0 unspecified atom stereocenters. The largest absolute Gasteiger partial charge is 0.454 e. The second-order valence-electron chi connectivity index (χ2n) is 8.52. The average Bonchev–Trinajstić information content (AvgIpc) is 3.32. The maximum Gasteiger partial charge on any atom is 0.267 e. The Labute approximate surface area is 201 Å². The highest BCUT2D eigenvalue weighted by molar-refractivity contribution is 6.01. The molecule has 1 fully saturated rings. The van der Waals surface area contributed by atoms with Crippen molar-refractivity contribution in [2.75, 3.05) is 37.9 Å². The molecule has 1 amide bonds. The minimum absolute atomic E-state index is 0.174. The van der Waals surface area contributed by atoms with Crippen LogP contribution in [-0.2, 0) is 11.3 Å². The number of primary amides is 1. The van der Waals surface area contributed by atoms with Gasteiger partial charge in [-0.15, -0.1) is 0 Å². The number of hydrogen-bond acceptors (Lipinski definition) is 8. The van der Waals surface area contributed by atoms with Gasteiger partial charge in [-0.05, 0) is 42.3 Å². The van der Waals surface area contributed by atoms with Gasteiger partial charge in [0, 0.05) is 38.9 Å². The number of benzene rings is 1. The van der Waals surface area contributed by atoms with Crippen molar-refractivity contribution in [1.82, 2.24) is 14.3 Å². The quantitative estimate of drug-likeness (QED) is 0.437. The van der Waals surface area contributed by atoms with Gasteiger partial charge in [-0.2, -0.15) is 5.26 Å². The average molecular weight is 473 g/mol. The predicted molar refractivity (Wildman–Crippen MR) is 129 cm³/mol. The van der Waals surface area contributed by atoms with Gasteiger partial charge >= 0.3 is 0 Å². The van der Waals surface area contributed by atoms with Crippen LogP contribution in [0.15, 0.2) is 46.9 Å². The van der Waals surface area contributed by atoms with Crippen LogP contribution in [0.1, 0.15) is 16.7 Å². The molecule has 2 aliphatic heterocycles. The fraction of sp³-hybridized carbons (Fsp3) is 0.280. The number of piperazine rings is 1. The van der Waals surface area contributed by atoms with Crippen LogP contribution in [0.4, 0.5) is 5.82 Å². The van der Waals surface area contributed by atoms with Crippen LogP contribution in [0.2, 0.25) is 0 Å². The third-order valence-corrected chi connectivity index (χ3v) is 6.25. The van der Waals surface area contributed by atoms with Crippen LogP contribution in [0, 0.1) is 18.3 Å². The highest BCUT2D eigenvalue weighted by atomic mass is 16.7. The monoisotopic (exact) mass is 472 g/mol. The summed E-state index contributed by atoms with van der Waals surface area (Å²) in [5.41, 5.74) is 7.37. The summed E-state index contributed by atoms with van der Waals surface area (Å²) in [6, 6.07) is 11.4. The number of carbonyl (C=O) groups is 1. The Balaban J connectivity index is 1.44. The molecular formula is C25H24N6O4. The van der Waals surface area contributed by atoms with Crippen molar-refractivity contribution >= 4 is 23.4 Å². The molecule has 5 rings (SSSR count). The molecule has 3 aromatic rings. The molecule has 0 atom stereocenters. The smallest absolute Gasteiger partial charge is 0.267 e. The van der Waals surface area contributed by atoms with Gasteiger partial charge < -0.3 is 20.1 Å². The lowest BCUT2D eigenvalue weighted by molar-refractivity contribution is -0.114. The van der Waals surface area contributed by atoms with Crippen LogP contribution < -0.4 is 25.7 Å². The van der Waals surface area contributed by atoms with Crippen molar-refractivity contribution in [3.05, 3.63) is 69.1 Å². The van der Waals surface area contributed by atoms with Gasteiger partial charge in [-0.3, -0.25) is 18.9 Å². The third-order valence-electron chi connectivity index (χ3n) is 6.25. The molecule has 0 saturated carbocycles. The molecule has 2 aliphatic rings. The van der Waals surface area contributed by atoms with Gasteiger partial charge in [0.1, 0.15) is 23.1 Å². The minimum atomic E-state index is -0.888. The summed E-state index contributed by atoms with van der Waals surface area (Å²) in [6.07, 6.45) is 2.87. The Hall–Kier alpha value is -4.36. The number of carbonyl (C=O) groups excluding carboxylic acids is 1. The number of nitrogens with zero attached hydrogens (tertiary/aromatic N) is 5. The highest BCUT2D eigenvalue weighted by Gasteiger charge is 2.24. The number of anilines is 1. The first-order valence-electron chi connectivity index (χ1n) is 11.2. The van der Waals surface area contributed by atoms with Crippen LogP contribution in [0.5, 0.6) is 11.5 Å². The van der Waals surface area contributed by atoms with Crippen LogP contribution in [-0.4, -0.2) is 53.2 Å². The lowest BCUT2D eigenvalue weighted by Crippen LogP contribution is -2.47. The van der Waals surface area contributed by atoms with E-state index in [9.17, 15) is 14.9 Å². The maximum atomic E-state index is 13.4. The number of fused-ring (bicyclic) bond motifs is 2. The molecule has 2 aromatic heterocycles. The molecule has 1 aromatic carbocycles. The molecule has 0 bridgehead atoms. The summed E-state index contributed by atoms with van der Waals surface area (Å²) in [5, 5.41) is 9.36. The Kier molecular flexibility index (Phi) is 5.84. The van der Waals surface area contributed by atoms with E-state index in [1.54, 1.807) is 18.3 Å². The number of aromatic nitrogens is 2.